The maximum atomic E-state index is 2.40. The van der Waals surface area contributed by atoms with Crippen molar-refractivity contribution in [3.8, 4) is 61.3 Å². The molecule has 9 rings (SSSR count). The van der Waals surface area contributed by atoms with Crippen LogP contribution < -0.4 is 0 Å². The molecule has 0 saturated heterocycles. The van der Waals surface area contributed by atoms with Gasteiger partial charge in [0.25, 0.3) is 0 Å². The molecule has 1 aliphatic rings. The highest BCUT2D eigenvalue weighted by Gasteiger charge is 2.24. The highest BCUT2D eigenvalue weighted by atomic mass is 15.0. The predicted octanol–water partition coefficient (Wildman–Crippen LogP) is 11.4. The summed E-state index contributed by atoms with van der Waals surface area (Å²) in [4.78, 5) is 0. The van der Waals surface area contributed by atoms with Gasteiger partial charge < -0.3 is 4.57 Å². The van der Waals surface area contributed by atoms with Gasteiger partial charge in [-0.1, -0.05) is 133 Å². The largest absolute Gasteiger partial charge is 0.309 e. The minimum atomic E-state index is 1.18. The summed E-state index contributed by atoms with van der Waals surface area (Å²) in [7, 11) is 0. The van der Waals surface area contributed by atoms with Crippen molar-refractivity contribution in [2.75, 3.05) is 0 Å². The summed E-state index contributed by atoms with van der Waals surface area (Å²) >= 11 is 0. The first-order valence-corrected chi connectivity index (χ1v) is 14.9. The van der Waals surface area contributed by atoms with Crippen molar-refractivity contribution in [2.45, 2.75) is 0 Å². The maximum absolute atomic E-state index is 2.40. The molecule has 1 aromatic heterocycles. The molecule has 0 radical (unpaired) electrons. The van der Waals surface area contributed by atoms with E-state index in [0.717, 1.165) is 0 Å². The van der Waals surface area contributed by atoms with Crippen LogP contribution in [0.1, 0.15) is 0 Å². The summed E-state index contributed by atoms with van der Waals surface area (Å²) in [5.41, 5.74) is 16.3. The van der Waals surface area contributed by atoms with Crippen molar-refractivity contribution in [3.63, 3.8) is 0 Å². The number of benzene rings is 7. The Morgan fingerprint density at radius 1 is 0.302 bits per heavy atom. The van der Waals surface area contributed by atoms with E-state index in [2.05, 4.69) is 168 Å². The highest BCUT2D eigenvalue weighted by Crippen LogP contribution is 2.50. The maximum Gasteiger partial charge on any atom is 0.0541 e. The van der Waals surface area contributed by atoms with Gasteiger partial charge in [0.15, 0.2) is 0 Å². The monoisotopic (exact) mass is 545 g/mol. The molecule has 200 valence electrons. The van der Waals surface area contributed by atoms with Gasteiger partial charge in [-0.05, 0) is 86.0 Å². The minimum absolute atomic E-state index is 1.18. The molecule has 43 heavy (non-hydrogen) atoms. The van der Waals surface area contributed by atoms with E-state index < -0.39 is 0 Å². The standard InChI is InChI=1S/C42H27N/c1-2-13-29(14-3-1)43-40-24-11-10-20-36(40)39-27-28(25-26-41(39)43)30-22-12-23-38-35-18-7-6-17-33(35)31-15-4-5-16-32(31)34-19-8-9-21-37(34)42(30)38/h1-27H. The Kier molecular flexibility index (Phi) is 5.27. The van der Waals surface area contributed by atoms with Crippen LogP contribution >= 0.6 is 0 Å². The fourth-order valence-corrected chi connectivity index (χ4v) is 7.14. The molecule has 0 fully saturated rings. The quantitative estimate of drug-likeness (QED) is 0.204. The molecule has 0 spiro atoms. The van der Waals surface area contributed by atoms with Crippen LogP contribution in [0.3, 0.4) is 0 Å². The van der Waals surface area contributed by atoms with Gasteiger partial charge in [-0.15, -0.1) is 0 Å². The zero-order valence-corrected chi connectivity index (χ0v) is 23.5. The lowest BCUT2D eigenvalue weighted by atomic mass is 9.78. The van der Waals surface area contributed by atoms with Crippen molar-refractivity contribution in [1.29, 1.82) is 0 Å². The first kappa shape index (κ1) is 24.0. The number of rotatable bonds is 2. The van der Waals surface area contributed by atoms with Crippen molar-refractivity contribution in [2.24, 2.45) is 0 Å². The third kappa shape index (κ3) is 3.58. The van der Waals surface area contributed by atoms with E-state index in [1.54, 1.807) is 0 Å². The molecule has 0 amide bonds. The van der Waals surface area contributed by atoms with Crippen LogP contribution in [0.25, 0.3) is 83.1 Å². The summed E-state index contributed by atoms with van der Waals surface area (Å²) in [5.74, 6) is 0. The van der Waals surface area contributed by atoms with Crippen LogP contribution in [-0.4, -0.2) is 4.57 Å². The molecule has 1 nitrogen and oxygen atoms in total. The molecule has 1 aliphatic carbocycles. The Labute approximate surface area is 250 Å². The van der Waals surface area contributed by atoms with E-state index in [1.165, 1.54) is 83.1 Å². The average Bonchev–Trinajstić information content (AvgIpc) is 3.41. The fraction of sp³-hybridized carbons (Fsp3) is 0. The van der Waals surface area contributed by atoms with Gasteiger partial charge in [0.05, 0.1) is 11.0 Å². The van der Waals surface area contributed by atoms with Gasteiger partial charge in [-0.2, -0.15) is 0 Å². The lowest BCUT2D eigenvalue weighted by Gasteiger charge is -2.25. The van der Waals surface area contributed by atoms with E-state index in [9.17, 15) is 0 Å². The molecule has 7 aromatic carbocycles. The summed E-state index contributed by atoms with van der Waals surface area (Å²) in [6.45, 7) is 0. The van der Waals surface area contributed by atoms with Crippen molar-refractivity contribution in [3.05, 3.63) is 164 Å². The first-order valence-electron chi connectivity index (χ1n) is 14.9. The molecule has 0 N–H and O–H groups in total. The number of fused-ring (bicyclic) bond motifs is 11. The third-order valence-corrected chi connectivity index (χ3v) is 8.98. The molecule has 0 saturated carbocycles. The summed E-state index contributed by atoms with van der Waals surface area (Å²) in [5, 5.41) is 2.53. The number of hydrogen-bond acceptors (Lipinski definition) is 0. The highest BCUT2D eigenvalue weighted by molar-refractivity contribution is 6.12. The molecular weight excluding hydrogens is 518 g/mol. The lowest BCUT2D eigenvalue weighted by Crippen LogP contribution is -1.98. The molecular formula is C42H27N. The van der Waals surface area contributed by atoms with Crippen molar-refractivity contribution in [1.82, 2.24) is 4.57 Å². The zero-order chi connectivity index (χ0) is 28.3. The Morgan fingerprint density at radius 3 is 1.49 bits per heavy atom. The predicted molar refractivity (Wildman–Crippen MR) is 182 cm³/mol. The Hall–Kier alpha value is -5.66. The fourth-order valence-electron chi connectivity index (χ4n) is 7.14. The number of hydrogen-bond donors (Lipinski definition) is 0. The normalized spacial score (nSPS) is 11.7. The van der Waals surface area contributed by atoms with E-state index in [4.69, 9.17) is 0 Å². The number of nitrogens with zero attached hydrogens (tertiary/aromatic N) is 1. The van der Waals surface area contributed by atoms with Crippen LogP contribution in [0.5, 0.6) is 0 Å². The topological polar surface area (TPSA) is 4.93 Å². The van der Waals surface area contributed by atoms with E-state index >= 15 is 0 Å². The van der Waals surface area contributed by atoms with Crippen LogP contribution in [0.4, 0.5) is 0 Å². The number of aromatic nitrogens is 1. The molecule has 1 heteroatoms. The van der Waals surface area contributed by atoms with E-state index in [-0.39, 0.29) is 0 Å². The molecule has 8 aromatic rings. The van der Waals surface area contributed by atoms with Crippen LogP contribution in [0, 0.1) is 0 Å². The van der Waals surface area contributed by atoms with Gasteiger partial charge in [0.1, 0.15) is 0 Å². The Bertz CT molecular complexity index is 2330. The van der Waals surface area contributed by atoms with Crippen LogP contribution in [-0.2, 0) is 0 Å². The average molecular weight is 546 g/mol. The first-order chi connectivity index (χ1) is 21.4. The van der Waals surface area contributed by atoms with Crippen molar-refractivity contribution < 1.29 is 0 Å². The molecule has 0 aliphatic heterocycles. The SMILES string of the molecule is c1ccc(-n2c3ccccc3c3cc(-c4cccc5c4-c4ccccc4-c4ccccc4-c4ccccc4-5)ccc32)cc1. The minimum Gasteiger partial charge on any atom is -0.309 e. The smallest absolute Gasteiger partial charge is 0.0541 e. The van der Waals surface area contributed by atoms with Crippen molar-refractivity contribution >= 4 is 21.8 Å². The van der Waals surface area contributed by atoms with Gasteiger partial charge in [-0.3, -0.25) is 0 Å². The second-order valence-electron chi connectivity index (χ2n) is 11.3. The zero-order valence-electron chi connectivity index (χ0n) is 23.5. The third-order valence-electron chi connectivity index (χ3n) is 8.98. The Morgan fingerprint density at radius 2 is 0.791 bits per heavy atom. The Balaban J connectivity index is 1.36. The summed E-state index contributed by atoms with van der Waals surface area (Å²) < 4.78 is 2.38. The second-order valence-corrected chi connectivity index (χ2v) is 11.3. The lowest BCUT2D eigenvalue weighted by molar-refractivity contribution is 1.18. The summed E-state index contributed by atoms with van der Waals surface area (Å²) in [6, 6.07) is 59.8. The van der Waals surface area contributed by atoms with Crippen LogP contribution in [0.15, 0.2) is 164 Å². The number of para-hydroxylation sites is 2. The van der Waals surface area contributed by atoms with Gasteiger partial charge in [-0.25, -0.2) is 0 Å². The van der Waals surface area contributed by atoms with Crippen LogP contribution in [0.2, 0.25) is 0 Å². The van der Waals surface area contributed by atoms with Gasteiger partial charge in [0, 0.05) is 16.5 Å². The molecule has 0 bridgehead atoms. The van der Waals surface area contributed by atoms with E-state index in [0.29, 0.717) is 0 Å². The second kappa shape index (κ2) is 9.44. The molecule has 0 atom stereocenters. The van der Waals surface area contributed by atoms with Gasteiger partial charge in [0.2, 0.25) is 0 Å². The molecule has 1 heterocycles. The van der Waals surface area contributed by atoms with E-state index in [1.807, 2.05) is 0 Å². The van der Waals surface area contributed by atoms with Gasteiger partial charge >= 0.3 is 0 Å². The molecule has 0 unspecified atom stereocenters. The summed E-state index contributed by atoms with van der Waals surface area (Å²) in [6.07, 6.45) is 0.